The number of rotatable bonds is 2. The van der Waals surface area contributed by atoms with E-state index in [9.17, 15) is 0 Å². The van der Waals surface area contributed by atoms with Crippen LogP contribution >= 0.6 is 0 Å². The third-order valence-corrected chi connectivity index (χ3v) is 4.31. The first-order chi connectivity index (χ1) is 11.9. The molecule has 0 fully saturated rings. The van der Waals surface area contributed by atoms with Gasteiger partial charge < -0.3 is 15.3 Å². The minimum Gasteiger partial charge on any atom is -0.372 e. The predicted octanol–water partition coefficient (Wildman–Crippen LogP) is 3.68. The van der Waals surface area contributed by atoms with Crippen molar-refractivity contribution in [2.24, 2.45) is 0 Å². The van der Waals surface area contributed by atoms with Crippen molar-refractivity contribution in [3.63, 3.8) is 0 Å². The molecule has 0 saturated carbocycles. The fourth-order valence-electron chi connectivity index (χ4n) is 3.13. The molecule has 5 heterocycles. The van der Waals surface area contributed by atoms with E-state index >= 15 is 0 Å². The fourth-order valence-corrected chi connectivity index (χ4v) is 3.13. The minimum atomic E-state index is 0.0820. The third-order valence-electron chi connectivity index (χ3n) is 4.31. The Balaban J connectivity index is 1.49. The van der Waals surface area contributed by atoms with Crippen LogP contribution in [0.3, 0.4) is 0 Å². The highest BCUT2D eigenvalue weighted by Gasteiger charge is 2.17. The van der Waals surface area contributed by atoms with Crippen LogP contribution in [-0.4, -0.2) is 19.9 Å². The molecule has 1 unspecified atom stereocenters. The fraction of sp³-hybridized carbons (Fsp3) is 0.0526. The molecule has 0 bridgehead atoms. The van der Waals surface area contributed by atoms with Gasteiger partial charge in [-0.3, -0.25) is 0 Å². The molecule has 0 spiro atoms. The summed E-state index contributed by atoms with van der Waals surface area (Å²) in [5.41, 5.74) is 4.99. The summed E-state index contributed by atoms with van der Waals surface area (Å²) in [5, 5.41) is 5.79. The number of hydrogen-bond acceptors (Lipinski definition) is 3. The first-order valence-electron chi connectivity index (χ1n) is 7.90. The average Bonchev–Trinajstić information content (AvgIpc) is 3.26. The van der Waals surface area contributed by atoms with Crippen molar-refractivity contribution in [2.75, 3.05) is 0 Å². The molecule has 24 heavy (non-hydrogen) atoms. The van der Waals surface area contributed by atoms with Crippen LogP contribution in [0.5, 0.6) is 0 Å². The summed E-state index contributed by atoms with van der Waals surface area (Å²) in [6.07, 6.45) is 9.88. The summed E-state index contributed by atoms with van der Waals surface area (Å²) in [7, 11) is 0. The molecular weight excluding hydrogens is 298 g/mol. The lowest BCUT2D eigenvalue weighted by atomic mass is 10.1. The van der Waals surface area contributed by atoms with E-state index in [2.05, 4.69) is 67.7 Å². The number of allylic oxidation sites excluding steroid dienone is 2. The number of aromatic amines is 2. The molecule has 1 aliphatic heterocycles. The van der Waals surface area contributed by atoms with Gasteiger partial charge in [-0.1, -0.05) is 12.2 Å². The third kappa shape index (κ3) is 2.10. The second-order valence-corrected chi connectivity index (χ2v) is 5.88. The van der Waals surface area contributed by atoms with Crippen molar-refractivity contribution >= 4 is 27.8 Å². The van der Waals surface area contributed by atoms with Gasteiger partial charge in [-0.25, -0.2) is 9.97 Å². The Bertz CT molecular complexity index is 1030. The highest BCUT2D eigenvalue weighted by molar-refractivity contribution is 5.82. The van der Waals surface area contributed by atoms with Gasteiger partial charge in [0.25, 0.3) is 0 Å². The molecule has 0 amide bonds. The van der Waals surface area contributed by atoms with Gasteiger partial charge in [0.1, 0.15) is 11.3 Å². The average molecular weight is 313 g/mol. The molecule has 1 atom stereocenters. The summed E-state index contributed by atoms with van der Waals surface area (Å²) in [6.45, 7) is 0. The van der Waals surface area contributed by atoms with Crippen molar-refractivity contribution in [3.8, 4) is 0 Å². The second-order valence-electron chi connectivity index (χ2n) is 5.88. The van der Waals surface area contributed by atoms with E-state index in [1.165, 1.54) is 0 Å². The monoisotopic (exact) mass is 313 g/mol. The van der Waals surface area contributed by atoms with Crippen LogP contribution in [0.25, 0.3) is 27.8 Å². The van der Waals surface area contributed by atoms with E-state index in [-0.39, 0.29) is 6.04 Å². The topological polar surface area (TPSA) is 69.4 Å². The van der Waals surface area contributed by atoms with E-state index < -0.39 is 0 Å². The van der Waals surface area contributed by atoms with Crippen molar-refractivity contribution in [3.05, 3.63) is 78.4 Å². The molecule has 5 rings (SSSR count). The van der Waals surface area contributed by atoms with Crippen LogP contribution in [0, 0.1) is 0 Å². The molecule has 5 heteroatoms. The predicted molar refractivity (Wildman–Crippen MR) is 95.2 cm³/mol. The number of nitrogens with zero attached hydrogens (tertiary/aromatic N) is 2. The number of nitrogens with one attached hydrogen (secondary N) is 3. The Morgan fingerprint density at radius 3 is 2.38 bits per heavy atom. The summed E-state index contributed by atoms with van der Waals surface area (Å²) in [6, 6.07) is 12.4. The standard InChI is InChI=1S/C19H15N5/c1-6-14(16-10-12-4-2-8-20-18(12)23-16)22-15(7-1)17-11-13-5-3-9-21-19(13)24-17/h1-11,14,22H,(H,20,23)(H,21,24). The molecule has 1 aliphatic rings. The van der Waals surface area contributed by atoms with Crippen molar-refractivity contribution < 1.29 is 0 Å². The second kappa shape index (κ2) is 5.09. The van der Waals surface area contributed by atoms with Gasteiger partial charge in [0.05, 0.1) is 17.4 Å². The zero-order chi connectivity index (χ0) is 15.9. The zero-order valence-electron chi connectivity index (χ0n) is 12.8. The van der Waals surface area contributed by atoms with E-state index in [1.807, 2.05) is 12.1 Å². The largest absolute Gasteiger partial charge is 0.372 e. The molecule has 3 N–H and O–H groups in total. The molecule has 4 aromatic heterocycles. The van der Waals surface area contributed by atoms with Crippen LogP contribution in [-0.2, 0) is 0 Å². The number of hydrogen-bond donors (Lipinski definition) is 3. The lowest BCUT2D eigenvalue weighted by Gasteiger charge is -2.20. The van der Waals surface area contributed by atoms with Crippen LogP contribution in [0.15, 0.2) is 67.0 Å². The Morgan fingerprint density at radius 2 is 1.62 bits per heavy atom. The smallest absolute Gasteiger partial charge is 0.137 e. The molecule has 0 saturated heterocycles. The molecule has 4 aromatic rings. The van der Waals surface area contributed by atoms with Gasteiger partial charge in [-0.15, -0.1) is 0 Å². The summed E-state index contributed by atoms with van der Waals surface area (Å²) >= 11 is 0. The van der Waals surface area contributed by atoms with Gasteiger partial charge in [0.2, 0.25) is 0 Å². The first kappa shape index (κ1) is 13.1. The van der Waals surface area contributed by atoms with Gasteiger partial charge in [0, 0.05) is 28.9 Å². The van der Waals surface area contributed by atoms with Gasteiger partial charge in [-0.05, 0) is 42.5 Å². The van der Waals surface area contributed by atoms with Crippen LogP contribution in [0.2, 0.25) is 0 Å². The van der Waals surface area contributed by atoms with Crippen LogP contribution in [0.1, 0.15) is 17.4 Å². The lowest BCUT2D eigenvalue weighted by molar-refractivity contribution is 0.742. The van der Waals surface area contributed by atoms with E-state index in [0.717, 1.165) is 39.2 Å². The van der Waals surface area contributed by atoms with E-state index in [0.29, 0.717) is 0 Å². The number of fused-ring (bicyclic) bond motifs is 2. The van der Waals surface area contributed by atoms with Gasteiger partial charge >= 0.3 is 0 Å². The quantitative estimate of drug-likeness (QED) is 0.529. The molecule has 0 radical (unpaired) electrons. The SMILES string of the molecule is C1=CC(c2cc3cccnc3[nH]2)NC(c2cc3cccnc3[nH]2)=C1. The normalized spacial score (nSPS) is 17.2. The number of H-pyrrole nitrogens is 2. The summed E-state index contributed by atoms with van der Waals surface area (Å²) in [5.74, 6) is 0. The highest BCUT2D eigenvalue weighted by atomic mass is 15.0. The van der Waals surface area contributed by atoms with E-state index in [1.54, 1.807) is 12.4 Å². The van der Waals surface area contributed by atoms with Crippen LogP contribution in [0.4, 0.5) is 0 Å². The van der Waals surface area contributed by atoms with Gasteiger partial charge in [-0.2, -0.15) is 0 Å². The maximum Gasteiger partial charge on any atom is 0.137 e. The van der Waals surface area contributed by atoms with Crippen molar-refractivity contribution in [2.45, 2.75) is 6.04 Å². The number of pyridine rings is 2. The molecule has 5 nitrogen and oxygen atoms in total. The Kier molecular flexibility index (Phi) is 2.79. The maximum atomic E-state index is 4.37. The number of aromatic nitrogens is 4. The van der Waals surface area contributed by atoms with Crippen LogP contribution < -0.4 is 5.32 Å². The molecule has 0 aromatic carbocycles. The minimum absolute atomic E-state index is 0.0820. The Hall–Kier alpha value is -3.34. The Labute approximate surface area is 138 Å². The number of dihydropyridines is 1. The molecular formula is C19H15N5. The molecule has 116 valence electrons. The highest BCUT2D eigenvalue weighted by Crippen LogP contribution is 2.26. The van der Waals surface area contributed by atoms with Crippen molar-refractivity contribution in [1.29, 1.82) is 0 Å². The summed E-state index contributed by atoms with van der Waals surface area (Å²) in [4.78, 5) is 15.5. The summed E-state index contributed by atoms with van der Waals surface area (Å²) < 4.78 is 0. The van der Waals surface area contributed by atoms with Gasteiger partial charge in [0.15, 0.2) is 0 Å². The van der Waals surface area contributed by atoms with E-state index in [4.69, 9.17) is 0 Å². The lowest BCUT2D eigenvalue weighted by Crippen LogP contribution is -2.20. The first-order valence-corrected chi connectivity index (χ1v) is 7.90. The molecule has 0 aliphatic carbocycles. The maximum absolute atomic E-state index is 4.37. The Morgan fingerprint density at radius 1 is 0.875 bits per heavy atom. The zero-order valence-corrected chi connectivity index (χ0v) is 12.8. The van der Waals surface area contributed by atoms with Crippen molar-refractivity contribution in [1.82, 2.24) is 25.3 Å².